The molecule has 2 unspecified atom stereocenters. The third-order valence-electron chi connectivity index (χ3n) is 3.67. The molecule has 0 bridgehead atoms. The van der Waals surface area contributed by atoms with Crippen LogP contribution in [0.1, 0.15) is 17.3 Å². The second kappa shape index (κ2) is 7.55. The first kappa shape index (κ1) is 15.9. The molecule has 5 nitrogen and oxygen atoms in total. The van der Waals surface area contributed by atoms with Crippen LogP contribution in [0.5, 0.6) is 0 Å². The van der Waals surface area contributed by atoms with Crippen molar-refractivity contribution in [2.24, 2.45) is 0 Å². The van der Waals surface area contributed by atoms with Crippen LogP contribution in [0.3, 0.4) is 0 Å². The van der Waals surface area contributed by atoms with E-state index in [-0.39, 0.29) is 11.9 Å². The number of amides is 1. The fourth-order valence-corrected chi connectivity index (χ4v) is 2.73. The molecule has 2 heterocycles. The third kappa shape index (κ3) is 4.07. The molecule has 6 heteroatoms. The second-order valence-corrected chi connectivity index (χ2v) is 5.75. The van der Waals surface area contributed by atoms with E-state index in [0.29, 0.717) is 18.2 Å². The summed E-state index contributed by atoms with van der Waals surface area (Å²) < 4.78 is 5.52. The average molecular weight is 332 g/mol. The van der Waals surface area contributed by atoms with Crippen molar-refractivity contribution < 1.29 is 9.53 Å². The van der Waals surface area contributed by atoms with Crippen LogP contribution in [0.4, 0.5) is 0 Å². The lowest BCUT2D eigenvalue weighted by Crippen LogP contribution is -2.48. The fourth-order valence-electron chi connectivity index (χ4n) is 2.53. The number of nitrogens with one attached hydrogen (secondary N) is 2. The SMILES string of the molecule is O=C(NC(c1cccc(Cl)c1)c1ccccn1)C1CNCCO1. The van der Waals surface area contributed by atoms with Crippen LogP contribution in [0.2, 0.25) is 5.02 Å². The molecular formula is C17H18ClN3O2. The van der Waals surface area contributed by atoms with Gasteiger partial charge in [0, 0.05) is 24.3 Å². The van der Waals surface area contributed by atoms with Crippen LogP contribution in [0.25, 0.3) is 0 Å². The Morgan fingerprint density at radius 3 is 2.96 bits per heavy atom. The lowest BCUT2D eigenvalue weighted by atomic mass is 10.0. The number of halogens is 1. The fraction of sp³-hybridized carbons (Fsp3) is 0.294. The number of hydrogen-bond donors (Lipinski definition) is 2. The Morgan fingerprint density at radius 1 is 1.35 bits per heavy atom. The molecule has 0 spiro atoms. The summed E-state index contributed by atoms with van der Waals surface area (Å²) >= 11 is 6.09. The van der Waals surface area contributed by atoms with Crippen molar-refractivity contribution in [1.29, 1.82) is 0 Å². The molecule has 1 aromatic heterocycles. The van der Waals surface area contributed by atoms with Crippen LogP contribution in [-0.4, -0.2) is 36.7 Å². The predicted octanol–water partition coefficient (Wildman–Crippen LogP) is 1.93. The molecule has 2 atom stereocenters. The van der Waals surface area contributed by atoms with Gasteiger partial charge in [0.2, 0.25) is 0 Å². The molecule has 1 aliphatic heterocycles. The van der Waals surface area contributed by atoms with Crippen molar-refractivity contribution in [3.05, 3.63) is 64.9 Å². The number of ether oxygens (including phenoxy) is 1. The molecule has 1 amide bonds. The van der Waals surface area contributed by atoms with Gasteiger partial charge < -0.3 is 15.4 Å². The standard InChI is InChI=1S/C17H18ClN3O2/c18-13-5-3-4-12(10-13)16(14-6-1-2-7-20-14)21-17(22)15-11-19-8-9-23-15/h1-7,10,15-16,19H,8-9,11H2,(H,21,22). The lowest BCUT2D eigenvalue weighted by Gasteiger charge is -2.26. The summed E-state index contributed by atoms with van der Waals surface area (Å²) in [6.45, 7) is 1.81. The van der Waals surface area contributed by atoms with Crippen LogP contribution in [0.15, 0.2) is 48.7 Å². The zero-order valence-electron chi connectivity index (χ0n) is 12.5. The van der Waals surface area contributed by atoms with Crippen molar-refractivity contribution >= 4 is 17.5 Å². The number of aromatic nitrogens is 1. The van der Waals surface area contributed by atoms with Gasteiger partial charge in [0.15, 0.2) is 0 Å². The van der Waals surface area contributed by atoms with Crippen molar-refractivity contribution in [3.8, 4) is 0 Å². The zero-order valence-corrected chi connectivity index (χ0v) is 13.3. The van der Waals surface area contributed by atoms with E-state index in [1.807, 2.05) is 36.4 Å². The van der Waals surface area contributed by atoms with E-state index in [4.69, 9.17) is 16.3 Å². The summed E-state index contributed by atoms with van der Waals surface area (Å²) in [5, 5.41) is 6.80. The van der Waals surface area contributed by atoms with E-state index in [9.17, 15) is 4.79 Å². The maximum atomic E-state index is 12.5. The molecule has 23 heavy (non-hydrogen) atoms. The predicted molar refractivity (Wildman–Crippen MR) is 88.3 cm³/mol. The van der Waals surface area contributed by atoms with Crippen LogP contribution < -0.4 is 10.6 Å². The number of rotatable bonds is 4. The number of carbonyl (C=O) groups is 1. The molecule has 2 N–H and O–H groups in total. The Morgan fingerprint density at radius 2 is 2.26 bits per heavy atom. The molecule has 120 valence electrons. The number of carbonyl (C=O) groups excluding carboxylic acids is 1. The number of hydrogen-bond acceptors (Lipinski definition) is 4. The normalized spacial score (nSPS) is 19.1. The van der Waals surface area contributed by atoms with Gasteiger partial charge >= 0.3 is 0 Å². The first-order valence-corrected chi connectivity index (χ1v) is 7.91. The minimum absolute atomic E-state index is 0.159. The Labute approximate surface area is 140 Å². The molecule has 0 radical (unpaired) electrons. The average Bonchev–Trinajstić information content (AvgIpc) is 2.61. The van der Waals surface area contributed by atoms with E-state index < -0.39 is 6.10 Å². The van der Waals surface area contributed by atoms with Gasteiger partial charge in [0.05, 0.1) is 18.3 Å². The Balaban J connectivity index is 1.85. The highest BCUT2D eigenvalue weighted by Crippen LogP contribution is 2.23. The van der Waals surface area contributed by atoms with Gasteiger partial charge in [0.25, 0.3) is 5.91 Å². The molecule has 2 aromatic rings. The molecule has 3 rings (SSSR count). The minimum Gasteiger partial charge on any atom is -0.366 e. The smallest absolute Gasteiger partial charge is 0.251 e. The number of nitrogens with zero attached hydrogens (tertiary/aromatic N) is 1. The van der Waals surface area contributed by atoms with Crippen LogP contribution in [-0.2, 0) is 9.53 Å². The summed E-state index contributed by atoms with van der Waals surface area (Å²) in [5.74, 6) is -0.159. The molecule has 0 aliphatic carbocycles. The Bertz CT molecular complexity index is 660. The van der Waals surface area contributed by atoms with Gasteiger partial charge in [-0.25, -0.2) is 0 Å². The topological polar surface area (TPSA) is 63.2 Å². The summed E-state index contributed by atoms with van der Waals surface area (Å²) in [7, 11) is 0. The molecule has 1 fully saturated rings. The van der Waals surface area contributed by atoms with Crippen LogP contribution in [0, 0.1) is 0 Å². The zero-order chi connectivity index (χ0) is 16.1. The Hall–Kier alpha value is -1.95. The van der Waals surface area contributed by atoms with E-state index in [1.54, 1.807) is 12.3 Å². The van der Waals surface area contributed by atoms with Crippen molar-refractivity contribution in [1.82, 2.24) is 15.6 Å². The summed E-state index contributed by atoms with van der Waals surface area (Å²) in [5.41, 5.74) is 1.64. The molecule has 1 aliphatic rings. The van der Waals surface area contributed by atoms with E-state index >= 15 is 0 Å². The maximum Gasteiger partial charge on any atom is 0.251 e. The molecule has 1 saturated heterocycles. The van der Waals surface area contributed by atoms with E-state index in [2.05, 4.69) is 15.6 Å². The van der Waals surface area contributed by atoms with E-state index in [0.717, 1.165) is 17.8 Å². The quantitative estimate of drug-likeness (QED) is 0.898. The first-order valence-electron chi connectivity index (χ1n) is 7.53. The molecular weight excluding hydrogens is 314 g/mol. The van der Waals surface area contributed by atoms with Gasteiger partial charge in [-0.15, -0.1) is 0 Å². The van der Waals surface area contributed by atoms with Crippen molar-refractivity contribution in [2.75, 3.05) is 19.7 Å². The van der Waals surface area contributed by atoms with Crippen LogP contribution >= 0.6 is 11.6 Å². The lowest BCUT2D eigenvalue weighted by molar-refractivity contribution is -0.134. The maximum absolute atomic E-state index is 12.5. The number of pyridine rings is 1. The third-order valence-corrected chi connectivity index (χ3v) is 3.91. The van der Waals surface area contributed by atoms with Gasteiger partial charge in [-0.3, -0.25) is 9.78 Å². The Kier molecular flexibility index (Phi) is 5.23. The number of benzene rings is 1. The largest absolute Gasteiger partial charge is 0.366 e. The highest BCUT2D eigenvalue weighted by Gasteiger charge is 2.26. The van der Waals surface area contributed by atoms with Gasteiger partial charge in [0.1, 0.15) is 6.10 Å². The summed E-state index contributed by atoms with van der Waals surface area (Å²) in [4.78, 5) is 16.9. The molecule has 1 aromatic carbocycles. The summed E-state index contributed by atoms with van der Waals surface area (Å²) in [6, 6.07) is 12.7. The highest BCUT2D eigenvalue weighted by atomic mass is 35.5. The van der Waals surface area contributed by atoms with Crippen molar-refractivity contribution in [2.45, 2.75) is 12.1 Å². The second-order valence-electron chi connectivity index (χ2n) is 5.31. The first-order chi connectivity index (χ1) is 11.2. The van der Waals surface area contributed by atoms with Crippen molar-refractivity contribution in [3.63, 3.8) is 0 Å². The minimum atomic E-state index is -0.492. The highest BCUT2D eigenvalue weighted by molar-refractivity contribution is 6.30. The monoisotopic (exact) mass is 331 g/mol. The van der Waals surface area contributed by atoms with E-state index in [1.165, 1.54) is 0 Å². The van der Waals surface area contributed by atoms with Gasteiger partial charge in [-0.2, -0.15) is 0 Å². The van der Waals surface area contributed by atoms with Gasteiger partial charge in [-0.1, -0.05) is 29.8 Å². The molecule has 0 saturated carbocycles. The summed E-state index contributed by atoms with van der Waals surface area (Å²) in [6.07, 6.45) is 1.21. The van der Waals surface area contributed by atoms with Gasteiger partial charge in [-0.05, 0) is 29.8 Å². The number of morpholine rings is 1.